The Morgan fingerprint density at radius 3 is 2.90 bits per heavy atom. The lowest BCUT2D eigenvalue weighted by molar-refractivity contribution is -0.117. The van der Waals surface area contributed by atoms with E-state index in [-0.39, 0.29) is 27.6 Å². The van der Waals surface area contributed by atoms with Crippen LogP contribution in [-0.2, 0) is 4.79 Å². The molecule has 170 valence electrons. The van der Waals surface area contributed by atoms with Gasteiger partial charge in [-0.2, -0.15) is 0 Å². The monoisotopic (exact) mass is 424 g/mol. The molecule has 5 nitrogen and oxygen atoms in total. The van der Waals surface area contributed by atoms with Gasteiger partial charge in [0.25, 0.3) is 0 Å². The van der Waals surface area contributed by atoms with Gasteiger partial charge in [0.05, 0.1) is 11.9 Å². The SMILES string of the molecule is CN/C=C1/N=CC(N[C@@H](C)c2cccc(NC(=O)CC3(C)C=CC(C)=CC3)c2)=CC1C.[HH].[HH].[HH]. The predicted octanol–water partition coefficient (Wildman–Crippen LogP) is 5.98. The Labute approximate surface area is 190 Å². The fourth-order valence-electron chi connectivity index (χ4n) is 3.85. The first kappa shape index (κ1) is 22.6. The zero-order valence-corrected chi connectivity index (χ0v) is 19.2. The van der Waals surface area contributed by atoms with Crippen molar-refractivity contribution in [3.63, 3.8) is 0 Å². The second kappa shape index (κ2) is 9.82. The molecule has 0 aromatic heterocycles. The number of hydrogen-bond acceptors (Lipinski definition) is 4. The van der Waals surface area contributed by atoms with E-state index in [4.69, 9.17) is 0 Å². The van der Waals surface area contributed by atoms with Crippen LogP contribution in [0.4, 0.5) is 5.69 Å². The zero-order chi connectivity index (χ0) is 22.4. The summed E-state index contributed by atoms with van der Waals surface area (Å²) in [5, 5.41) is 9.63. The van der Waals surface area contributed by atoms with Crippen molar-refractivity contribution in [2.24, 2.45) is 16.3 Å². The molecule has 31 heavy (non-hydrogen) atoms. The summed E-state index contributed by atoms with van der Waals surface area (Å²) in [5.41, 5.74) is 5.08. The van der Waals surface area contributed by atoms with Gasteiger partial charge in [0.1, 0.15) is 0 Å². The van der Waals surface area contributed by atoms with Crippen molar-refractivity contribution in [1.29, 1.82) is 0 Å². The number of amides is 1. The Balaban J connectivity index is 0.00000363. The number of nitrogens with one attached hydrogen (secondary N) is 3. The lowest BCUT2D eigenvalue weighted by Crippen LogP contribution is -2.24. The molecule has 1 aromatic carbocycles. The quantitative estimate of drug-likeness (QED) is 0.504. The third-order valence-electron chi connectivity index (χ3n) is 5.80. The van der Waals surface area contributed by atoms with E-state index < -0.39 is 0 Å². The lowest BCUT2D eigenvalue weighted by Gasteiger charge is -2.27. The Bertz CT molecular complexity index is 984. The average molecular weight is 425 g/mol. The number of allylic oxidation sites excluding steroid dienone is 6. The Morgan fingerprint density at radius 1 is 1.42 bits per heavy atom. The molecule has 2 aliphatic rings. The van der Waals surface area contributed by atoms with Crippen LogP contribution in [0.1, 0.15) is 56.4 Å². The van der Waals surface area contributed by atoms with Gasteiger partial charge in [-0.3, -0.25) is 9.79 Å². The van der Waals surface area contributed by atoms with E-state index >= 15 is 0 Å². The van der Waals surface area contributed by atoms with Crippen LogP contribution in [0.5, 0.6) is 0 Å². The number of anilines is 1. The molecule has 1 aromatic rings. The highest BCUT2D eigenvalue weighted by molar-refractivity contribution is 5.91. The molecule has 1 amide bonds. The average Bonchev–Trinajstić information content (AvgIpc) is 2.72. The third-order valence-corrected chi connectivity index (χ3v) is 5.80. The van der Waals surface area contributed by atoms with Crippen molar-refractivity contribution < 1.29 is 9.07 Å². The summed E-state index contributed by atoms with van der Waals surface area (Å²) >= 11 is 0. The van der Waals surface area contributed by atoms with Gasteiger partial charge in [-0.25, -0.2) is 0 Å². The smallest absolute Gasteiger partial charge is 0.225 e. The molecule has 0 radical (unpaired) electrons. The van der Waals surface area contributed by atoms with Crippen molar-refractivity contribution in [2.45, 2.75) is 46.6 Å². The Morgan fingerprint density at radius 2 is 2.23 bits per heavy atom. The number of dihydropyridines is 1. The molecule has 1 aliphatic carbocycles. The van der Waals surface area contributed by atoms with Crippen LogP contribution in [0, 0.1) is 11.3 Å². The summed E-state index contributed by atoms with van der Waals surface area (Å²) in [6.45, 7) is 8.46. The van der Waals surface area contributed by atoms with Crippen LogP contribution in [0.15, 0.2) is 76.7 Å². The first-order valence-corrected chi connectivity index (χ1v) is 10.9. The van der Waals surface area contributed by atoms with Crippen LogP contribution in [0.3, 0.4) is 0 Å². The van der Waals surface area contributed by atoms with Crippen LogP contribution < -0.4 is 16.0 Å². The highest BCUT2D eigenvalue weighted by Gasteiger charge is 2.25. The van der Waals surface area contributed by atoms with Crippen molar-refractivity contribution in [3.8, 4) is 0 Å². The largest absolute Gasteiger partial charge is 0.392 e. The number of benzene rings is 1. The molecule has 0 saturated heterocycles. The van der Waals surface area contributed by atoms with E-state index in [9.17, 15) is 4.79 Å². The topological polar surface area (TPSA) is 65.5 Å². The number of aliphatic imine (C=N–C) groups is 1. The van der Waals surface area contributed by atoms with Crippen molar-refractivity contribution >= 4 is 17.8 Å². The molecule has 1 aliphatic heterocycles. The number of hydrogen-bond donors (Lipinski definition) is 3. The van der Waals surface area contributed by atoms with Gasteiger partial charge in [0.15, 0.2) is 0 Å². The molecular weight excluding hydrogens is 384 g/mol. The number of carbonyl (C=O) groups excluding carboxylic acids is 1. The van der Waals surface area contributed by atoms with Gasteiger partial charge in [-0.1, -0.05) is 55.9 Å². The molecular formula is C26H40N4O. The molecule has 5 heteroatoms. The van der Waals surface area contributed by atoms with E-state index in [0.717, 1.165) is 29.1 Å². The molecule has 0 fully saturated rings. The first-order valence-electron chi connectivity index (χ1n) is 10.9. The highest BCUT2D eigenvalue weighted by Crippen LogP contribution is 2.33. The summed E-state index contributed by atoms with van der Waals surface area (Å²) in [6, 6.07) is 8.12. The maximum atomic E-state index is 12.7. The van der Waals surface area contributed by atoms with Gasteiger partial charge in [-0.05, 0) is 43.4 Å². The standard InChI is InChI=1S/C26H34N4O.3H2/c1-18-9-11-26(4,12-10-18)15-25(31)30-22-8-6-7-21(14-22)20(3)29-23-13-19(2)24(17-27-5)28-16-23;;;/h6-11,13-14,16-17,19-20,27,29H,12,15H2,1-5H3,(H,30,31);3*1H/b24-17+;;;/t19?,20-,26?;;;/m0.../s1. The maximum Gasteiger partial charge on any atom is 0.225 e. The fourth-order valence-corrected chi connectivity index (χ4v) is 3.85. The number of carbonyl (C=O) groups is 1. The van der Waals surface area contributed by atoms with Crippen LogP contribution in [-0.4, -0.2) is 19.2 Å². The summed E-state index contributed by atoms with van der Waals surface area (Å²) < 4.78 is 0. The van der Waals surface area contributed by atoms with Crippen LogP contribution >= 0.6 is 0 Å². The highest BCUT2D eigenvalue weighted by atomic mass is 16.1. The van der Waals surface area contributed by atoms with Gasteiger partial charge in [0, 0.05) is 47.3 Å². The molecule has 0 spiro atoms. The minimum atomic E-state index is -0.125. The summed E-state index contributed by atoms with van der Waals surface area (Å²) in [5.74, 6) is 0.282. The number of nitrogens with zero attached hydrogens (tertiary/aromatic N) is 1. The normalized spacial score (nSPS) is 24.9. The van der Waals surface area contributed by atoms with Gasteiger partial charge in [0.2, 0.25) is 5.91 Å². The van der Waals surface area contributed by atoms with Crippen LogP contribution in [0.25, 0.3) is 0 Å². The van der Waals surface area contributed by atoms with Crippen molar-refractivity contribution in [3.05, 3.63) is 77.3 Å². The predicted molar refractivity (Wildman–Crippen MR) is 136 cm³/mol. The van der Waals surface area contributed by atoms with E-state index in [1.807, 2.05) is 37.7 Å². The molecule has 1 heterocycles. The third kappa shape index (κ3) is 6.20. The Kier molecular flexibility index (Phi) is 7.16. The van der Waals surface area contributed by atoms with E-state index in [2.05, 4.69) is 79.0 Å². The first-order chi connectivity index (χ1) is 14.8. The van der Waals surface area contributed by atoms with Crippen molar-refractivity contribution in [2.75, 3.05) is 12.4 Å². The molecule has 3 N–H and O–H groups in total. The molecule has 0 bridgehead atoms. The molecule has 0 saturated carbocycles. The van der Waals surface area contributed by atoms with Crippen molar-refractivity contribution in [1.82, 2.24) is 10.6 Å². The maximum absolute atomic E-state index is 12.7. The summed E-state index contributed by atoms with van der Waals surface area (Å²) in [7, 11) is 1.88. The molecule has 2 unspecified atom stereocenters. The van der Waals surface area contributed by atoms with E-state index in [0.29, 0.717) is 6.42 Å². The summed E-state index contributed by atoms with van der Waals surface area (Å²) in [4.78, 5) is 17.2. The van der Waals surface area contributed by atoms with E-state index in [1.165, 1.54) is 5.57 Å². The van der Waals surface area contributed by atoms with Gasteiger partial charge < -0.3 is 16.0 Å². The van der Waals surface area contributed by atoms with Gasteiger partial charge in [-0.15, -0.1) is 0 Å². The number of rotatable bonds is 7. The van der Waals surface area contributed by atoms with Crippen LogP contribution in [0.2, 0.25) is 0 Å². The second-order valence-electron chi connectivity index (χ2n) is 8.88. The Hall–Kier alpha value is -3.08. The second-order valence-corrected chi connectivity index (χ2v) is 8.88. The molecule has 3 atom stereocenters. The minimum absolute atomic E-state index is 0. The molecule has 3 rings (SSSR count). The van der Waals surface area contributed by atoms with Gasteiger partial charge >= 0.3 is 0 Å². The zero-order valence-electron chi connectivity index (χ0n) is 19.2. The summed E-state index contributed by atoms with van der Waals surface area (Å²) in [6.07, 6.45) is 13.8. The van der Waals surface area contributed by atoms with E-state index in [1.54, 1.807) is 0 Å². The fraction of sp³-hybridized carbons (Fsp3) is 0.385. The lowest BCUT2D eigenvalue weighted by atomic mass is 9.79. The minimum Gasteiger partial charge on any atom is -0.392 e.